The maximum absolute atomic E-state index is 12.4. The Balaban J connectivity index is 1.55. The molecule has 168 valence electrons. The van der Waals surface area contributed by atoms with E-state index < -0.39 is 0 Å². The molecule has 3 aromatic rings. The number of amides is 2. The van der Waals surface area contributed by atoms with Crippen LogP contribution in [0.15, 0.2) is 47.6 Å². The Hall–Kier alpha value is -3.04. The molecule has 0 aliphatic carbocycles. The molecule has 0 atom stereocenters. The van der Waals surface area contributed by atoms with Gasteiger partial charge < -0.3 is 19.9 Å². The zero-order valence-corrected chi connectivity index (χ0v) is 19.6. The van der Waals surface area contributed by atoms with Crippen molar-refractivity contribution >= 4 is 46.6 Å². The lowest BCUT2D eigenvalue weighted by atomic mass is 10.2. The van der Waals surface area contributed by atoms with Crippen molar-refractivity contribution in [3.63, 3.8) is 0 Å². The number of ether oxygens (including phenoxy) is 1. The van der Waals surface area contributed by atoms with Crippen molar-refractivity contribution in [2.24, 2.45) is 7.05 Å². The molecule has 0 saturated carbocycles. The van der Waals surface area contributed by atoms with Crippen LogP contribution in [0.2, 0.25) is 5.02 Å². The highest BCUT2D eigenvalue weighted by molar-refractivity contribution is 7.99. The standard InChI is InChI=1S/C22H24ClN5O3S/c1-4-31-18-8-6-5-7-17(18)25-21(30)13-32-22-27-26-19(28(22)3)12-20(29)24-15-10-9-14(2)16(23)11-15/h5-11H,4,12-13H2,1-3H3,(H,24,29)(H,25,30). The van der Waals surface area contributed by atoms with Crippen LogP contribution in [0, 0.1) is 6.92 Å². The highest BCUT2D eigenvalue weighted by Crippen LogP contribution is 2.25. The van der Waals surface area contributed by atoms with Crippen molar-refractivity contribution in [3.8, 4) is 5.75 Å². The second-order valence-electron chi connectivity index (χ2n) is 6.91. The van der Waals surface area contributed by atoms with E-state index in [-0.39, 0.29) is 24.0 Å². The van der Waals surface area contributed by atoms with Crippen LogP contribution < -0.4 is 15.4 Å². The minimum absolute atomic E-state index is 0.0451. The normalized spacial score (nSPS) is 10.6. The molecule has 0 aliphatic rings. The highest BCUT2D eigenvalue weighted by atomic mass is 35.5. The summed E-state index contributed by atoms with van der Waals surface area (Å²) in [7, 11) is 1.76. The van der Waals surface area contributed by atoms with Crippen LogP contribution in [0.5, 0.6) is 5.75 Å². The number of hydrogen-bond donors (Lipinski definition) is 2. The molecule has 2 N–H and O–H groups in total. The summed E-state index contributed by atoms with van der Waals surface area (Å²) in [5.41, 5.74) is 2.17. The molecule has 0 unspecified atom stereocenters. The van der Waals surface area contributed by atoms with Gasteiger partial charge in [0.25, 0.3) is 0 Å². The fourth-order valence-corrected chi connectivity index (χ4v) is 3.72. The van der Waals surface area contributed by atoms with Gasteiger partial charge in [0.15, 0.2) is 5.16 Å². The summed E-state index contributed by atoms with van der Waals surface area (Å²) in [6, 6.07) is 12.6. The van der Waals surface area contributed by atoms with Gasteiger partial charge in [0, 0.05) is 17.8 Å². The maximum atomic E-state index is 12.4. The first-order chi connectivity index (χ1) is 15.4. The zero-order chi connectivity index (χ0) is 23.1. The summed E-state index contributed by atoms with van der Waals surface area (Å²) in [6.07, 6.45) is 0.0451. The third-order valence-corrected chi connectivity index (χ3v) is 5.92. The number of nitrogens with one attached hydrogen (secondary N) is 2. The Bertz CT molecular complexity index is 1120. The number of hydrogen-bond acceptors (Lipinski definition) is 6. The van der Waals surface area contributed by atoms with E-state index in [0.29, 0.717) is 39.7 Å². The van der Waals surface area contributed by atoms with Gasteiger partial charge in [-0.05, 0) is 43.7 Å². The number of para-hydroxylation sites is 2. The van der Waals surface area contributed by atoms with Gasteiger partial charge in [-0.25, -0.2) is 0 Å². The summed E-state index contributed by atoms with van der Waals surface area (Å²) in [6.45, 7) is 4.29. The predicted octanol–water partition coefficient (Wildman–Crippen LogP) is 4.09. The van der Waals surface area contributed by atoms with E-state index in [1.165, 1.54) is 11.8 Å². The Kier molecular flexibility index (Phi) is 8.13. The zero-order valence-electron chi connectivity index (χ0n) is 18.0. The number of nitrogens with zero attached hydrogens (tertiary/aromatic N) is 3. The Morgan fingerprint density at radius 3 is 2.66 bits per heavy atom. The van der Waals surface area contributed by atoms with Crippen LogP contribution in [0.3, 0.4) is 0 Å². The number of carbonyl (C=O) groups is 2. The summed E-state index contributed by atoms with van der Waals surface area (Å²) in [5, 5.41) is 15.0. The van der Waals surface area contributed by atoms with Crippen LogP contribution in [-0.4, -0.2) is 38.9 Å². The molecule has 1 heterocycles. The summed E-state index contributed by atoms with van der Waals surface area (Å²) in [4.78, 5) is 24.7. The van der Waals surface area contributed by atoms with E-state index in [4.69, 9.17) is 16.3 Å². The molecule has 0 bridgehead atoms. The molecule has 2 aromatic carbocycles. The SMILES string of the molecule is CCOc1ccccc1NC(=O)CSc1nnc(CC(=O)Nc2ccc(C)c(Cl)c2)n1C. The lowest BCUT2D eigenvalue weighted by Gasteiger charge is -2.11. The summed E-state index contributed by atoms with van der Waals surface area (Å²) in [5.74, 6) is 0.823. The molecule has 0 aliphatic heterocycles. The number of thioether (sulfide) groups is 1. The fraction of sp³-hybridized carbons (Fsp3) is 0.273. The van der Waals surface area contributed by atoms with Crippen LogP contribution in [0.1, 0.15) is 18.3 Å². The van der Waals surface area contributed by atoms with Crippen LogP contribution >= 0.6 is 23.4 Å². The molecule has 0 spiro atoms. The van der Waals surface area contributed by atoms with Gasteiger partial charge in [-0.1, -0.05) is 41.6 Å². The van der Waals surface area contributed by atoms with Gasteiger partial charge in [-0.3, -0.25) is 9.59 Å². The van der Waals surface area contributed by atoms with Crippen molar-refractivity contribution in [2.45, 2.75) is 25.4 Å². The smallest absolute Gasteiger partial charge is 0.234 e. The molecule has 0 fully saturated rings. The molecular formula is C22H24ClN5O3S. The van der Waals surface area contributed by atoms with Crippen LogP contribution in [0.25, 0.3) is 0 Å². The van der Waals surface area contributed by atoms with Crippen molar-refractivity contribution in [2.75, 3.05) is 23.0 Å². The van der Waals surface area contributed by atoms with Gasteiger partial charge in [0.05, 0.1) is 24.5 Å². The lowest BCUT2D eigenvalue weighted by molar-refractivity contribution is -0.116. The third-order valence-electron chi connectivity index (χ3n) is 4.49. The van der Waals surface area contributed by atoms with Gasteiger partial charge >= 0.3 is 0 Å². The molecular weight excluding hydrogens is 450 g/mol. The average molecular weight is 474 g/mol. The van der Waals surface area contributed by atoms with E-state index >= 15 is 0 Å². The second-order valence-corrected chi connectivity index (χ2v) is 8.26. The number of carbonyl (C=O) groups excluding carboxylic acids is 2. The first-order valence-corrected chi connectivity index (χ1v) is 11.3. The summed E-state index contributed by atoms with van der Waals surface area (Å²) >= 11 is 7.34. The van der Waals surface area contributed by atoms with E-state index in [9.17, 15) is 9.59 Å². The van der Waals surface area contributed by atoms with Crippen molar-refractivity contribution in [1.29, 1.82) is 0 Å². The number of aromatic nitrogens is 3. The minimum Gasteiger partial charge on any atom is -0.492 e. The van der Waals surface area contributed by atoms with Crippen molar-refractivity contribution < 1.29 is 14.3 Å². The van der Waals surface area contributed by atoms with Crippen LogP contribution in [0.4, 0.5) is 11.4 Å². The molecule has 8 nitrogen and oxygen atoms in total. The van der Waals surface area contributed by atoms with Crippen molar-refractivity contribution in [3.05, 3.63) is 58.9 Å². The minimum atomic E-state index is -0.234. The van der Waals surface area contributed by atoms with E-state index in [1.54, 1.807) is 35.9 Å². The predicted molar refractivity (Wildman–Crippen MR) is 126 cm³/mol. The van der Waals surface area contributed by atoms with Gasteiger partial charge in [-0.2, -0.15) is 0 Å². The van der Waals surface area contributed by atoms with Gasteiger partial charge in [0.1, 0.15) is 11.6 Å². The lowest BCUT2D eigenvalue weighted by Crippen LogP contribution is -2.17. The number of anilines is 2. The second kappa shape index (κ2) is 11.0. The Morgan fingerprint density at radius 1 is 1.12 bits per heavy atom. The Labute approximate surface area is 195 Å². The molecule has 2 amide bonds. The summed E-state index contributed by atoms with van der Waals surface area (Å²) < 4.78 is 7.22. The first kappa shape index (κ1) is 23.6. The number of rotatable bonds is 9. The quantitative estimate of drug-likeness (QED) is 0.454. The number of halogens is 1. The average Bonchev–Trinajstić information content (AvgIpc) is 3.10. The molecule has 32 heavy (non-hydrogen) atoms. The fourth-order valence-electron chi connectivity index (χ4n) is 2.81. The van der Waals surface area contributed by atoms with E-state index in [1.807, 2.05) is 32.0 Å². The van der Waals surface area contributed by atoms with Gasteiger partial charge in [0.2, 0.25) is 11.8 Å². The molecule has 1 aromatic heterocycles. The molecule has 0 radical (unpaired) electrons. The number of aryl methyl sites for hydroxylation is 1. The van der Waals surface area contributed by atoms with Gasteiger partial charge in [-0.15, -0.1) is 10.2 Å². The Morgan fingerprint density at radius 2 is 1.91 bits per heavy atom. The third kappa shape index (κ3) is 6.24. The first-order valence-electron chi connectivity index (χ1n) is 9.96. The van der Waals surface area contributed by atoms with Crippen molar-refractivity contribution in [1.82, 2.24) is 14.8 Å². The van der Waals surface area contributed by atoms with E-state index in [0.717, 1.165) is 5.56 Å². The topological polar surface area (TPSA) is 98.1 Å². The van der Waals surface area contributed by atoms with E-state index in [2.05, 4.69) is 20.8 Å². The molecule has 0 saturated heterocycles. The highest BCUT2D eigenvalue weighted by Gasteiger charge is 2.15. The number of benzene rings is 2. The largest absolute Gasteiger partial charge is 0.492 e. The van der Waals surface area contributed by atoms with Crippen LogP contribution in [-0.2, 0) is 23.1 Å². The molecule has 10 heteroatoms. The molecule has 3 rings (SSSR count). The monoisotopic (exact) mass is 473 g/mol. The maximum Gasteiger partial charge on any atom is 0.234 e.